The molecular weight excluding hydrogens is 271 g/mol. The van der Waals surface area contributed by atoms with E-state index in [1.54, 1.807) is 0 Å². The van der Waals surface area contributed by atoms with Gasteiger partial charge < -0.3 is 4.74 Å². The van der Waals surface area contributed by atoms with Crippen molar-refractivity contribution < 1.29 is 26.7 Å². The van der Waals surface area contributed by atoms with Crippen molar-refractivity contribution in [1.29, 1.82) is 0 Å². The minimum atomic E-state index is -2.61. The van der Waals surface area contributed by atoms with Gasteiger partial charge in [0.05, 0.1) is 6.04 Å². The molecule has 3 nitrogen and oxygen atoms in total. The largest absolute Gasteiger partial charge is 0.375 e. The molecule has 0 heterocycles. The van der Waals surface area contributed by atoms with Crippen LogP contribution in [0.4, 0.5) is 22.0 Å². The minimum absolute atomic E-state index is 0.0329. The summed E-state index contributed by atoms with van der Waals surface area (Å²) in [5, 5.41) is 0. The van der Waals surface area contributed by atoms with Gasteiger partial charge in [0.2, 0.25) is 0 Å². The molecule has 0 aliphatic rings. The lowest BCUT2D eigenvalue weighted by atomic mass is 10.0. The van der Waals surface area contributed by atoms with Crippen LogP contribution in [0.5, 0.6) is 0 Å². The summed E-state index contributed by atoms with van der Waals surface area (Å²) >= 11 is 0. The maximum absolute atomic E-state index is 13.5. The molecule has 0 fully saturated rings. The van der Waals surface area contributed by atoms with Crippen LogP contribution in [-0.4, -0.2) is 19.6 Å². The van der Waals surface area contributed by atoms with Gasteiger partial charge in [0.25, 0.3) is 6.43 Å². The molecule has 8 heteroatoms. The number of benzene rings is 1. The number of halogens is 5. The minimum Gasteiger partial charge on any atom is -0.375 e. The Morgan fingerprint density at radius 1 is 1.16 bits per heavy atom. The number of nitrogens with two attached hydrogens (primary N) is 1. The number of hydrogen-bond donors (Lipinski definition) is 2. The van der Waals surface area contributed by atoms with Crippen molar-refractivity contribution in [3.8, 4) is 0 Å². The summed E-state index contributed by atoms with van der Waals surface area (Å²) in [6.07, 6.45) is -2.57. The standard InChI is InChI=1S/C11H13F5N2O/c12-7-2-1-6(10(15)11(7)16)8(18-17)3-4-19-5-9(13)14/h1-2,8-9,18H,3-5,17H2. The zero-order chi connectivity index (χ0) is 14.4. The zero-order valence-corrected chi connectivity index (χ0v) is 9.81. The number of hydrazine groups is 1. The van der Waals surface area contributed by atoms with E-state index in [1.807, 2.05) is 0 Å². The normalized spacial score (nSPS) is 13.0. The molecule has 0 radical (unpaired) electrons. The predicted molar refractivity (Wildman–Crippen MR) is 57.8 cm³/mol. The van der Waals surface area contributed by atoms with Crippen molar-refractivity contribution in [2.45, 2.75) is 18.9 Å². The Labute approximate surface area is 106 Å². The fourth-order valence-corrected chi connectivity index (χ4v) is 1.51. The van der Waals surface area contributed by atoms with Crippen LogP contribution in [0.3, 0.4) is 0 Å². The van der Waals surface area contributed by atoms with Crippen molar-refractivity contribution in [2.75, 3.05) is 13.2 Å². The molecule has 0 spiro atoms. The van der Waals surface area contributed by atoms with Gasteiger partial charge in [0, 0.05) is 12.2 Å². The Bertz CT molecular complexity index is 416. The van der Waals surface area contributed by atoms with Gasteiger partial charge in [-0.1, -0.05) is 6.07 Å². The SMILES string of the molecule is NNC(CCOCC(F)F)c1ccc(F)c(F)c1F. The fourth-order valence-electron chi connectivity index (χ4n) is 1.51. The Balaban J connectivity index is 2.67. The quantitative estimate of drug-likeness (QED) is 0.265. The number of hydrogen-bond acceptors (Lipinski definition) is 3. The first-order valence-corrected chi connectivity index (χ1v) is 5.42. The molecule has 1 aromatic carbocycles. The van der Waals surface area contributed by atoms with E-state index in [0.29, 0.717) is 0 Å². The van der Waals surface area contributed by atoms with Crippen LogP contribution in [0.2, 0.25) is 0 Å². The second-order valence-electron chi connectivity index (χ2n) is 3.74. The summed E-state index contributed by atoms with van der Waals surface area (Å²) in [7, 11) is 0. The first-order valence-electron chi connectivity index (χ1n) is 5.42. The molecular formula is C11H13F5N2O. The van der Waals surface area contributed by atoms with Gasteiger partial charge in [-0.05, 0) is 12.5 Å². The summed E-state index contributed by atoms with van der Waals surface area (Å²) in [6, 6.07) is 0.927. The van der Waals surface area contributed by atoms with Crippen LogP contribution in [0.25, 0.3) is 0 Å². The second kappa shape index (κ2) is 7.37. The van der Waals surface area contributed by atoms with Crippen molar-refractivity contribution >= 4 is 0 Å². The molecule has 0 saturated heterocycles. The van der Waals surface area contributed by atoms with Gasteiger partial charge in [-0.3, -0.25) is 11.3 Å². The summed E-state index contributed by atoms with van der Waals surface area (Å²) in [4.78, 5) is 0. The van der Waals surface area contributed by atoms with E-state index in [-0.39, 0.29) is 18.6 Å². The lowest BCUT2D eigenvalue weighted by Crippen LogP contribution is -2.30. The second-order valence-corrected chi connectivity index (χ2v) is 3.74. The Morgan fingerprint density at radius 3 is 2.42 bits per heavy atom. The van der Waals surface area contributed by atoms with Gasteiger partial charge in [-0.25, -0.2) is 22.0 Å². The van der Waals surface area contributed by atoms with Crippen LogP contribution in [0.15, 0.2) is 12.1 Å². The third-order valence-electron chi connectivity index (χ3n) is 2.44. The monoisotopic (exact) mass is 284 g/mol. The van der Waals surface area contributed by atoms with Crippen molar-refractivity contribution in [3.63, 3.8) is 0 Å². The van der Waals surface area contributed by atoms with E-state index in [2.05, 4.69) is 10.2 Å². The number of ether oxygens (including phenoxy) is 1. The highest BCUT2D eigenvalue weighted by atomic mass is 19.3. The van der Waals surface area contributed by atoms with Gasteiger partial charge in [-0.15, -0.1) is 0 Å². The molecule has 1 atom stereocenters. The van der Waals surface area contributed by atoms with Gasteiger partial charge >= 0.3 is 0 Å². The zero-order valence-electron chi connectivity index (χ0n) is 9.81. The predicted octanol–water partition coefficient (Wildman–Crippen LogP) is 2.28. The van der Waals surface area contributed by atoms with Crippen LogP contribution < -0.4 is 11.3 Å². The van der Waals surface area contributed by atoms with Crippen molar-refractivity contribution in [2.24, 2.45) is 5.84 Å². The van der Waals surface area contributed by atoms with Crippen molar-refractivity contribution in [3.05, 3.63) is 35.1 Å². The van der Waals surface area contributed by atoms with Crippen molar-refractivity contribution in [1.82, 2.24) is 5.43 Å². The molecule has 0 amide bonds. The number of nitrogens with one attached hydrogen (secondary N) is 1. The highest BCUT2D eigenvalue weighted by Crippen LogP contribution is 2.23. The average Bonchev–Trinajstić information content (AvgIpc) is 2.37. The summed E-state index contributed by atoms with van der Waals surface area (Å²) in [5.41, 5.74) is 2.00. The van der Waals surface area contributed by atoms with Crippen LogP contribution >= 0.6 is 0 Å². The van der Waals surface area contributed by atoms with E-state index in [0.717, 1.165) is 12.1 Å². The van der Waals surface area contributed by atoms with E-state index in [9.17, 15) is 22.0 Å². The first kappa shape index (κ1) is 15.8. The third-order valence-corrected chi connectivity index (χ3v) is 2.44. The first-order chi connectivity index (χ1) is 8.97. The number of rotatable bonds is 7. The topological polar surface area (TPSA) is 47.3 Å². The molecule has 0 aromatic heterocycles. The summed E-state index contributed by atoms with van der Waals surface area (Å²) in [6.45, 7) is -0.880. The third kappa shape index (κ3) is 4.41. The molecule has 0 aliphatic heterocycles. The highest BCUT2D eigenvalue weighted by molar-refractivity contribution is 5.23. The molecule has 0 bridgehead atoms. The van der Waals surface area contributed by atoms with Gasteiger partial charge in [-0.2, -0.15) is 0 Å². The lowest BCUT2D eigenvalue weighted by molar-refractivity contribution is 0.0142. The van der Waals surface area contributed by atoms with Gasteiger partial charge in [0.15, 0.2) is 17.5 Å². The maximum Gasteiger partial charge on any atom is 0.261 e. The Hall–Kier alpha value is -1.25. The molecule has 1 rings (SSSR count). The summed E-state index contributed by atoms with van der Waals surface area (Å²) in [5.74, 6) is 0.884. The summed E-state index contributed by atoms with van der Waals surface area (Å²) < 4.78 is 67.5. The van der Waals surface area contributed by atoms with E-state index >= 15 is 0 Å². The van der Waals surface area contributed by atoms with E-state index in [4.69, 9.17) is 5.84 Å². The lowest BCUT2D eigenvalue weighted by Gasteiger charge is -2.17. The molecule has 19 heavy (non-hydrogen) atoms. The van der Waals surface area contributed by atoms with E-state index < -0.39 is 36.5 Å². The van der Waals surface area contributed by atoms with Gasteiger partial charge in [0.1, 0.15) is 6.61 Å². The van der Waals surface area contributed by atoms with Crippen LogP contribution in [0.1, 0.15) is 18.0 Å². The molecule has 1 aromatic rings. The fraction of sp³-hybridized carbons (Fsp3) is 0.455. The van der Waals surface area contributed by atoms with Crippen LogP contribution in [0, 0.1) is 17.5 Å². The molecule has 3 N–H and O–H groups in total. The average molecular weight is 284 g/mol. The maximum atomic E-state index is 13.5. The molecule has 1 unspecified atom stereocenters. The molecule has 108 valence electrons. The van der Waals surface area contributed by atoms with E-state index in [1.165, 1.54) is 0 Å². The van der Waals surface area contributed by atoms with Crippen LogP contribution in [-0.2, 0) is 4.74 Å². The highest BCUT2D eigenvalue weighted by Gasteiger charge is 2.20. The Morgan fingerprint density at radius 2 is 1.84 bits per heavy atom. The molecule has 0 aliphatic carbocycles. The molecule has 0 saturated carbocycles. The number of alkyl halides is 2. The Kier molecular flexibility index (Phi) is 6.13. The smallest absolute Gasteiger partial charge is 0.261 e.